The molecule has 0 aliphatic rings. The first-order chi connectivity index (χ1) is 8.61. The van der Waals surface area contributed by atoms with E-state index < -0.39 is 0 Å². The predicted molar refractivity (Wildman–Crippen MR) is 76.2 cm³/mol. The lowest BCUT2D eigenvalue weighted by Crippen LogP contribution is -2.18. The molecule has 0 spiro atoms. The van der Waals surface area contributed by atoms with Crippen LogP contribution in [0, 0.1) is 12.7 Å². The summed E-state index contributed by atoms with van der Waals surface area (Å²) in [5.41, 5.74) is 3.24. The SMILES string of the molecule is CNC(c1ccc(C)cc1)c1cc(F)ccc1Br. The molecule has 0 aromatic heterocycles. The Morgan fingerprint density at radius 2 is 1.78 bits per heavy atom. The smallest absolute Gasteiger partial charge is 0.123 e. The molecule has 2 aromatic rings. The highest BCUT2D eigenvalue weighted by molar-refractivity contribution is 9.10. The van der Waals surface area contributed by atoms with Gasteiger partial charge in [0.1, 0.15) is 5.82 Å². The van der Waals surface area contributed by atoms with Gasteiger partial charge in [0.05, 0.1) is 6.04 Å². The zero-order valence-corrected chi connectivity index (χ0v) is 12.0. The normalized spacial score (nSPS) is 12.4. The number of hydrogen-bond acceptors (Lipinski definition) is 1. The van der Waals surface area contributed by atoms with E-state index in [0.29, 0.717) is 0 Å². The van der Waals surface area contributed by atoms with E-state index in [1.807, 2.05) is 7.05 Å². The van der Waals surface area contributed by atoms with Crippen LogP contribution in [0.25, 0.3) is 0 Å². The van der Waals surface area contributed by atoms with Gasteiger partial charge in [0.15, 0.2) is 0 Å². The minimum absolute atomic E-state index is 0.0179. The van der Waals surface area contributed by atoms with Crippen LogP contribution in [0.1, 0.15) is 22.7 Å². The highest BCUT2D eigenvalue weighted by atomic mass is 79.9. The van der Waals surface area contributed by atoms with Crippen LogP contribution in [0.3, 0.4) is 0 Å². The average molecular weight is 308 g/mol. The molecule has 18 heavy (non-hydrogen) atoms. The third-order valence-corrected chi connectivity index (χ3v) is 3.69. The van der Waals surface area contributed by atoms with Gasteiger partial charge in [0, 0.05) is 4.47 Å². The van der Waals surface area contributed by atoms with Crippen LogP contribution in [-0.2, 0) is 0 Å². The highest BCUT2D eigenvalue weighted by Gasteiger charge is 2.15. The Morgan fingerprint density at radius 3 is 2.39 bits per heavy atom. The van der Waals surface area contributed by atoms with Crippen molar-refractivity contribution in [1.29, 1.82) is 0 Å². The van der Waals surface area contributed by atoms with Crippen molar-refractivity contribution in [3.8, 4) is 0 Å². The Hall–Kier alpha value is -1.19. The fourth-order valence-corrected chi connectivity index (χ4v) is 2.47. The zero-order valence-electron chi connectivity index (χ0n) is 10.4. The third kappa shape index (κ3) is 2.79. The maximum absolute atomic E-state index is 13.4. The topological polar surface area (TPSA) is 12.0 Å². The van der Waals surface area contributed by atoms with Crippen molar-refractivity contribution in [1.82, 2.24) is 5.32 Å². The summed E-state index contributed by atoms with van der Waals surface area (Å²) in [5.74, 6) is -0.222. The second-order valence-electron chi connectivity index (χ2n) is 4.30. The Labute approximate surface area is 115 Å². The van der Waals surface area contributed by atoms with Gasteiger partial charge in [-0.3, -0.25) is 0 Å². The molecule has 94 valence electrons. The van der Waals surface area contributed by atoms with Crippen molar-refractivity contribution < 1.29 is 4.39 Å². The fourth-order valence-electron chi connectivity index (χ4n) is 2.00. The molecule has 2 rings (SSSR count). The molecule has 0 saturated heterocycles. The van der Waals surface area contributed by atoms with Crippen LogP contribution in [-0.4, -0.2) is 7.05 Å². The number of aryl methyl sites for hydroxylation is 1. The molecule has 1 unspecified atom stereocenters. The number of rotatable bonds is 3. The highest BCUT2D eigenvalue weighted by Crippen LogP contribution is 2.29. The molecule has 0 fully saturated rings. The second kappa shape index (κ2) is 5.63. The molecule has 1 atom stereocenters. The van der Waals surface area contributed by atoms with Crippen LogP contribution in [0.5, 0.6) is 0 Å². The van der Waals surface area contributed by atoms with E-state index in [2.05, 4.69) is 52.4 Å². The summed E-state index contributed by atoms with van der Waals surface area (Å²) in [6, 6.07) is 13.0. The number of hydrogen-bond donors (Lipinski definition) is 1. The van der Waals surface area contributed by atoms with Gasteiger partial charge in [-0.05, 0) is 43.3 Å². The Morgan fingerprint density at radius 1 is 1.11 bits per heavy atom. The molecule has 0 radical (unpaired) electrons. The summed E-state index contributed by atoms with van der Waals surface area (Å²) in [5, 5.41) is 3.23. The van der Waals surface area contributed by atoms with E-state index in [1.54, 1.807) is 12.1 Å². The van der Waals surface area contributed by atoms with Crippen LogP contribution in [0.4, 0.5) is 4.39 Å². The maximum atomic E-state index is 13.4. The van der Waals surface area contributed by atoms with E-state index >= 15 is 0 Å². The van der Waals surface area contributed by atoms with Crippen molar-refractivity contribution in [2.75, 3.05) is 7.05 Å². The fraction of sp³-hybridized carbons (Fsp3) is 0.200. The van der Waals surface area contributed by atoms with Crippen molar-refractivity contribution in [3.05, 3.63) is 69.4 Å². The van der Waals surface area contributed by atoms with Crippen LogP contribution in [0.15, 0.2) is 46.9 Å². The minimum Gasteiger partial charge on any atom is -0.309 e. The van der Waals surface area contributed by atoms with Crippen molar-refractivity contribution in [3.63, 3.8) is 0 Å². The van der Waals surface area contributed by atoms with Crippen molar-refractivity contribution in [2.24, 2.45) is 0 Å². The lowest BCUT2D eigenvalue weighted by molar-refractivity contribution is 0.615. The van der Waals surface area contributed by atoms with E-state index in [1.165, 1.54) is 11.6 Å². The summed E-state index contributed by atoms with van der Waals surface area (Å²) in [6.07, 6.45) is 0. The molecule has 1 nitrogen and oxygen atoms in total. The van der Waals surface area contributed by atoms with Crippen molar-refractivity contribution in [2.45, 2.75) is 13.0 Å². The Kier molecular flexibility index (Phi) is 4.15. The first-order valence-corrected chi connectivity index (χ1v) is 6.60. The molecule has 0 aliphatic carbocycles. The molecule has 0 heterocycles. The lowest BCUT2D eigenvalue weighted by Gasteiger charge is -2.19. The molecule has 0 saturated carbocycles. The maximum Gasteiger partial charge on any atom is 0.123 e. The third-order valence-electron chi connectivity index (χ3n) is 2.97. The monoisotopic (exact) mass is 307 g/mol. The molecule has 0 aliphatic heterocycles. The molecule has 1 N–H and O–H groups in total. The van der Waals surface area contributed by atoms with E-state index in [4.69, 9.17) is 0 Å². The van der Waals surface area contributed by atoms with Crippen LogP contribution >= 0.6 is 15.9 Å². The molecule has 0 bridgehead atoms. The van der Waals surface area contributed by atoms with Gasteiger partial charge in [-0.15, -0.1) is 0 Å². The van der Waals surface area contributed by atoms with E-state index in [-0.39, 0.29) is 11.9 Å². The zero-order chi connectivity index (χ0) is 13.1. The molecular weight excluding hydrogens is 293 g/mol. The Balaban J connectivity index is 2.44. The largest absolute Gasteiger partial charge is 0.309 e. The first-order valence-electron chi connectivity index (χ1n) is 5.80. The van der Waals surface area contributed by atoms with E-state index in [0.717, 1.165) is 15.6 Å². The summed E-state index contributed by atoms with van der Waals surface area (Å²) in [7, 11) is 1.88. The van der Waals surface area contributed by atoms with E-state index in [9.17, 15) is 4.39 Å². The number of benzene rings is 2. The predicted octanol–water partition coefficient (Wildman–Crippen LogP) is 4.21. The second-order valence-corrected chi connectivity index (χ2v) is 5.15. The van der Waals surface area contributed by atoms with Crippen LogP contribution in [0.2, 0.25) is 0 Å². The molecular formula is C15H15BrFN. The minimum atomic E-state index is -0.222. The molecule has 2 aromatic carbocycles. The molecule has 0 amide bonds. The summed E-state index contributed by atoms with van der Waals surface area (Å²) in [4.78, 5) is 0. The Bertz CT molecular complexity index is 537. The van der Waals surface area contributed by atoms with Crippen LogP contribution < -0.4 is 5.32 Å². The molecule has 3 heteroatoms. The summed E-state index contributed by atoms with van der Waals surface area (Å²) >= 11 is 3.48. The van der Waals surface area contributed by atoms with Gasteiger partial charge < -0.3 is 5.32 Å². The number of nitrogens with one attached hydrogen (secondary N) is 1. The summed E-state index contributed by atoms with van der Waals surface area (Å²) in [6.45, 7) is 2.05. The number of halogens is 2. The van der Waals surface area contributed by atoms with Gasteiger partial charge in [0.25, 0.3) is 0 Å². The lowest BCUT2D eigenvalue weighted by atomic mass is 9.98. The quantitative estimate of drug-likeness (QED) is 0.896. The van der Waals surface area contributed by atoms with Crippen molar-refractivity contribution >= 4 is 15.9 Å². The average Bonchev–Trinajstić information content (AvgIpc) is 2.37. The van der Waals surface area contributed by atoms with Gasteiger partial charge in [-0.1, -0.05) is 45.8 Å². The van der Waals surface area contributed by atoms with Gasteiger partial charge in [0.2, 0.25) is 0 Å². The standard InChI is InChI=1S/C15H15BrFN/c1-10-3-5-11(6-4-10)15(18-2)13-9-12(17)7-8-14(13)16/h3-9,15,18H,1-2H3. The van der Waals surface area contributed by atoms with Gasteiger partial charge in [-0.25, -0.2) is 4.39 Å². The first kappa shape index (κ1) is 13.2. The summed E-state index contributed by atoms with van der Waals surface area (Å²) < 4.78 is 14.3. The van der Waals surface area contributed by atoms with Gasteiger partial charge in [-0.2, -0.15) is 0 Å². The van der Waals surface area contributed by atoms with Gasteiger partial charge >= 0.3 is 0 Å².